The zero-order valence-corrected chi connectivity index (χ0v) is 15.9. The lowest BCUT2D eigenvalue weighted by Crippen LogP contribution is -2.47. The molecule has 2 aliphatic rings. The van der Waals surface area contributed by atoms with E-state index < -0.39 is 0 Å². The molecule has 2 aliphatic heterocycles. The molecule has 1 aromatic carbocycles. The smallest absolute Gasteiger partial charge is 0.230 e. The molecule has 142 valence electrons. The molecule has 3 heterocycles. The number of carbonyl (C=O) groups excluding carboxylic acids is 1. The highest BCUT2D eigenvalue weighted by Gasteiger charge is 2.48. The van der Waals surface area contributed by atoms with Gasteiger partial charge in [0, 0.05) is 38.6 Å². The van der Waals surface area contributed by atoms with Crippen LogP contribution in [-0.4, -0.2) is 47.4 Å². The van der Waals surface area contributed by atoms with Crippen molar-refractivity contribution in [2.75, 3.05) is 26.7 Å². The minimum Gasteiger partial charge on any atom is -0.497 e. The molecule has 5 heteroatoms. The number of hydrogen-bond acceptors (Lipinski definition) is 4. The molecule has 0 N–H and O–H groups in total. The third-order valence-electron chi connectivity index (χ3n) is 5.92. The first-order valence-electron chi connectivity index (χ1n) is 9.72. The van der Waals surface area contributed by atoms with Crippen LogP contribution >= 0.6 is 0 Å². The van der Waals surface area contributed by atoms with Gasteiger partial charge in [-0.15, -0.1) is 0 Å². The normalized spacial score (nSPS) is 23.1. The summed E-state index contributed by atoms with van der Waals surface area (Å²) >= 11 is 0. The number of ether oxygens (including phenoxy) is 1. The minimum atomic E-state index is -0.201. The first-order chi connectivity index (χ1) is 13.2. The Hall–Kier alpha value is -2.40. The molecule has 2 saturated heterocycles. The third-order valence-corrected chi connectivity index (χ3v) is 5.92. The first kappa shape index (κ1) is 18.0. The van der Waals surface area contributed by atoms with Crippen molar-refractivity contribution in [1.82, 2.24) is 14.8 Å². The van der Waals surface area contributed by atoms with Crippen molar-refractivity contribution in [1.29, 1.82) is 0 Å². The van der Waals surface area contributed by atoms with Gasteiger partial charge < -0.3 is 9.64 Å². The zero-order valence-electron chi connectivity index (χ0n) is 15.9. The van der Waals surface area contributed by atoms with Crippen LogP contribution in [0.15, 0.2) is 48.8 Å². The molecule has 2 fully saturated rings. The fraction of sp³-hybridized carbons (Fsp3) is 0.455. The van der Waals surface area contributed by atoms with E-state index in [9.17, 15) is 4.79 Å². The molecule has 0 radical (unpaired) electrons. The van der Waals surface area contributed by atoms with Crippen molar-refractivity contribution >= 4 is 5.91 Å². The number of aromatic nitrogens is 1. The zero-order chi connectivity index (χ0) is 18.7. The van der Waals surface area contributed by atoms with Crippen LogP contribution in [-0.2, 0) is 17.9 Å². The molecule has 2 aromatic rings. The van der Waals surface area contributed by atoms with E-state index in [1.54, 1.807) is 13.3 Å². The lowest BCUT2D eigenvalue weighted by Gasteiger charge is -2.39. The second kappa shape index (κ2) is 7.69. The summed E-state index contributed by atoms with van der Waals surface area (Å²) in [5, 5.41) is 0. The summed E-state index contributed by atoms with van der Waals surface area (Å²) in [7, 11) is 1.69. The Morgan fingerprint density at radius 1 is 1.07 bits per heavy atom. The number of pyridine rings is 1. The van der Waals surface area contributed by atoms with Crippen LogP contribution in [0, 0.1) is 5.41 Å². The summed E-state index contributed by atoms with van der Waals surface area (Å²) in [5.41, 5.74) is 2.17. The Labute approximate surface area is 161 Å². The number of methoxy groups -OCH3 is 1. The van der Waals surface area contributed by atoms with Crippen molar-refractivity contribution in [3.63, 3.8) is 0 Å². The van der Waals surface area contributed by atoms with Gasteiger partial charge >= 0.3 is 0 Å². The fourth-order valence-electron chi connectivity index (χ4n) is 4.49. The van der Waals surface area contributed by atoms with Gasteiger partial charge in [0.15, 0.2) is 0 Å². The lowest BCUT2D eigenvalue weighted by atomic mass is 9.78. The monoisotopic (exact) mass is 365 g/mol. The average molecular weight is 365 g/mol. The molecule has 4 rings (SSSR count). The van der Waals surface area contributed by atoms with Crippen molar-refractivity contribution < 1.29 is 9.53 Å². The Balaban J connectivity index is 1.41. The highest BCUT2D eigenvalue weighted by atomic mass is 16.5. The number of rotatable bonds is 5. The lowest BCUT2D eigenvalue weighted by molar-refractivity contribution is -0.139. The standard InChI is InChI=1S/C22H27N3O2/c1-27-20-7-5-18(6-8-20)15-24-12-3-9-22(17-24)10-13-25(21(22)26)16-19-4-2-11-23-14-19/h2,4-8,11,14H,3,9-10,12-13,15-17H2,1H3/t22-/m1/s1. The van der Waals surface area contributed by atoms with E-state index in [2.05, 4.69) is 22.0 Å². The molecule has 27 heavy (non-hydrogen) atoms. The number of amides is 1. The van der Waals surface area contributed by atoms with E-state index >= 15 is 0 Å². The van der Waals surface area contributed by atoms with Gasteiger partial charge in [0.05, 0.1) is 12.5 Å². The summed E-state index contributed by atoms with van der Waals surface area (Å²) in [6.45, 7) is 4.34. The van der Waals surface area contributed by atoms with Crippen molar-refractivity contribution in [3.8, 4) is 5.75 Å². The molecular weight excluding hydrogens is 338 g/mol. The summed E-state index contributed by atoms with van der Waals surface area (Å²) in [6, 6.07) is 12.2. The van der Waals surface area contributed by atoms with Crippen LogP contribution in [0.1, 0.15) is 30.4 Å². The molecule has 1 spiro atoms. The quantitative estimate of drug-likeness (QED) is 0.817. The van der Waals surface area contributed by atoms with Gasteiger partial charge in [-0.25, -0.2) is 0 Å². The maximum atomic E-state index is 13.2. The van der Waals surface area contributed by atoms with E-state index in [1.807, 2.05) is 35.4 Å². The minimum absolute atomic E-state index is 0.201. The summed E-state index contributed by atoms with van der Waals surface area (Å²) in [4.78, 5) is 21.9. The van der Waals surface area contributed by atoms with Gasteiger partial charge in [-0.2, -0.15) is 0 Å². The second-order valence-electron chi connectivity index (χ2n) is 7.78. The fourth-order valence-corrected chi connectivity index (χ4v) is 4.49. The van der Waals surface area contributed by atoms with Crippen molar-refractivity contribution in [3.05, 3.63) is 59.9 Å². The Kier molecular flexibility index (Phi) is 5.12. The van der Waals surface area contributed by atoms with E-state index in [-0.39, 0.29) is 5.41 Å². The molecule has 1 atom stereocenters. The topological polar surface area (TPSA) is 45.7 Å². The number of hydrogen-bond donors (Lipinski definition) is 0. The largest absolute Gasteiger partial charge is 0.497 e. The maximum absolute atomic E-state index is 13.2. The van der Waals surface area contributed by atoms with Gasteiger partial charge in [-0.05, 0) is 55.1 Å². The van der Waals surface area contributed by atoms with E-state index in [1.165, 1.54) is 5.56 Å². The first-order valence-corrected chi connectivity index (χ1v) is 9.72. The van der Waals surface area contributed by atoms with E-state index in [0.717, 1.165) is 56.8 Å². The molecule has 1 amide bonds. The molecular formula is C22H27N3O2. The summed E-state index contributed by atoms with van der Waals surface area (Å²) in [6.07, 6.45) is 6.69. The molecule has 5 nitrogen and oxygen atoms in total. The highest BCUT2D eigenvalue weighted by Crippen LogP contribution is 2.41. The Morgan fingerprint density at radius 3 is 2.67 bits per heavy atom. The second-order valence-corrected chi connectivity index (χ2v) is 7.78. The van der Waals surface area contributed by atoms with Gasteiger partial charge in [0.2, 0.25) is 5.91 Å². The van der Waals surface area contributed by atoms with Crippen LogP contribution in [0.3, 0.4) is 0 Å². The van der Waals surface area contributed by atoms with Crippen molar-refractivity contribution in [2.24, 2.45) is 5.41 Å². The van der Waals surface area contributed by atoms with Crippen LogP contribution in [0.5, 0.6) is 5.75 Å². The maximum Gasteiger partial charge on any atom is 0.230 e. The van der Waals surface area contributed by atoms with Gasteiger partial charge in [-0.3, -0.25) is 14.7 Å². The Bertz CT molecular complexity index is 778. The number of carbonyl (C=O) groups is 1. The van der Waals surface area contributed by atoms with Crippen molar-refractivity contribution in [2.45, 2.75) is 32.4 Å². The molecule has 0 saturated carbocycles. The number of piperidine rings is 1. The molecule has 1 aromatic heterocycles. The number of likely N-dealkylation sites (tertiary alicyclic amines) is 2. The molecule has 0 bridgehead atoms. The van der Waals surface area contributed by atoms with E-state index in [0.29, 0.717) is 12.5 Å². The van der Waals surface area contributed by atoms with Gasteiger partial charge in [-0.1, -0.05) is 18.2 Å². The predicted molar refractivity (Wildman–Crippen MR) is 104 cm³/mol. The summed E-state index contributed by atoms with van der Waals surface area (Å²) < 4.78 is 5.24. The third kappa shape index (κ3) is 3.83. The van der Waals surface area contributed by atoms with Crippen LogP contribution in [0.25, 0.3) is 0 Å². The Morgan fingerprint density at radius 2 is 1.93 bits per heavy atom. The number of benzene rings is 1. The van der Waals surface area contributed by atoms with Crippen LogP contribution in [0.4, 0.5) is 0 Å². The highest BCUT2D eigenvalue weighted by molar-refractivity contribution is 5.85. The van der Waals surface area contributed by atoms with E-state index in [4.69, 9.17) is 4.74 Å². The van der Waals surface area contributed by atoms with Crippen LogP contribution < -0.4 is 4.74 Å². The predicted octanol–water partition coefficient (Wildman–Crippen LogP) is 3.10. The summed E-state index contributed by atoms with van der Waals surface area (Å²) in [5.74, 6) is 1.21. The number of nitrogens with zero attached hydrogens (tertiary/aromatic N) is 3. The molecule has 0 aliphatic carbocycles. The van der Waals surface area contributed by atoms with Gasteiger partial charge in [0.1, 0.15) is 5.75 Å². The van der Waals surface area contributed by atoms with Gasteiger partial charge in [0.25, 0.3) is 0 Å². The molecule has 0 unspecified atom stereocenters. The SMILES string of the molecule is COc1ccc(CN2CCC[C@@]3(CCN(Cc4cccnc4)C3=O)C2)cc1. The van der Waals surface area contributed by atoms with Crippen LogP contribution in [0.2, 0.25) is 0 Å². The average Bonchev–Trinajstić information content (AvgIpc) is 2.99.